The Morgan fingerprint density at radius 3 is 2.57 bits per heavy atom. The van der Waals surface area contributed by atoms with Crippen LogP contribution < -0.4 is 5.32 Å². The van der Waals surface area contributed by atoms with Crippen molar-refractivity contribution in [3.63, 3.8) is 0 Å². The second kappa shape index (κ2) is 6.24. The molecule has 1 aliphatic heterocycles. The van der Waals surface area contributed by atoms with E-state index in [1.807, 2.05) is 53.7 Å². The monoisotopic (exact) mass is 315 g/mol. The molecular weight excluding hydrogens is 302 g/mol. The van der Waals surface area contributed by atoms with Crippen molar-refractivity contribution < 1.29 is 0 Å². The van der Waals surface area contributed by atoms with Crippen molar-refractivity contribution in [2.75, 3.05) is 5.32 Å². The van der Waals surface area contributed by atoms with Gasteiger partial charge in [0.05, 0.1) is 6.04 Å². The van der Waals surface area contributed by atoms with Crippen LogP contribution in [-0.2, 0) is 0 Å². The molecule has 3 rings (SSSR count). The number of hydrogen-bond donors (Lipinski definition) is 1. The number of thiocarbonyl (C=S) groups is 1. The van der Waals surface area contributed by atoms with Crippen LogP contribution in [0, 0.1) is 0 Å². The van der Waals surface area contributed by atoms with Gasteiger partial charge in [0.25, 0.3) is 0 Å². The molecule has 0 saturated carbocycles. The van der Waals surface area contributed by atoms with Gasteiger partial charge in [-0.1, -0.05) is 41.9 Å². The van der Waals surface area contributed by atoms with Crippen molar-refractivity contribution >= 4 is 40.8 Å². The molecule has 106 valence electrons. The summed E-state index contributed by atoms with van der Waals surface area (Å²) in [6, 6.07) is 17.9. The summed E-state index contributed by atoms with van der Waals surface area (Å²) < 4.78 is 0. The molecule has 0 aromatic heterocycles. The molecule has 0 saturated heterocycles. The van der Waals surface area contributed by atoms with Gasteiger partial charge in [-0.25, -0.2) is 5.01 Å². The highest BCUT2D eigenvalue weighted by atomic mass is 35.5. The molecule has 2 aromatic rings. The van der Waals surface area contributed by atoms with E-state index in [1.54, 1.807) is 0 Å². The number of hydrazone groups is 1. The van der Waals surface area contributed by atoms with Gasteiger partial charge >= 0.3 is 0 Å². The molecule has 0 spiro atoms. The Kier molecular flexibility index (Phi) is 4.18. The van der Waals surface area contributed by atoms with Crippen LogP contribution in [0.4, 0.5) is 5.69 Å². The Morgan fingerprint density at radius 1 is 1.14 bits per heavy atom. The molecule has 5 heteroatoms. The van der Waals surface area contributed by atoms with E-state index in [4.69, 9.17) is 23.8 Å². The average molecular weight is 316 g/mol. The summed E-state index contributed by atoms with van der Waals surface area (Å²) in [5, 5.41) is 10.7. The first kappa shape index (κ1) is 14.0. The average Bonchev–Trinajstić information content (AvgIpc) is 3.00. The third-order valence-electron chi connectivity index (χ3n) is 3.32. The molecule has 1 aliphatic rings. The van der Waals surface area contributed by atoms with Crippen molar-refractivity contribution in [1.29, 1.82) is 0 Å². The third-order valence-corrected chi connectivity index (χ3v) is 3.86. The molecule has 0 unspecified atom stereocenters. The van der Waals surface area contributed by atoms with Crippen LogP contribution in [-0.4, -0.2) is 16.3 Å². The summed E-state index contributed by atoms with van der Waals surface area (Å²) in [4.78, 5) is 0. The van der Waals surface area contributed by atoms with Gasteiger partial charge in [0, 0.05) is 23.3 Å². The molecule has 2 aromatic carbocycles. The fourth-order valence-corrected chi connectivity index (χ4v) is 2.69. The van der Waals surface area contributed by atoms with E-state index in [0.717, 1.165) is 12.1 Å². The quantitative estimate of drug-likeness (QED) is 0.829. The minimum Gasteiger partial charge on any atom is -0.331 e. The normalized spacial score (nSPS) is 17.0. The highest BCUT2D eigenvalue weighted by Gasteiger charge is 2.25. The maximum atomic E-state index is 5.88. The van der Waals surface area contributed by atoms with Crippen molar-refractivity contribution in [3.05, 3.63) is 65.2 Å². The number of anilines is 1. The van der Waals surface area contributed by atoms with Gasteiger partial charge in [0.1, 0.15) is 0 Å². The van der Waals surface area contributed by atoms with Crippen molar-refractivity contribution in [1.82, 2.24) is 5.01 Å². The van der Waals surface area contributed by atoms with Crippen molar-refractivity contribution in [2.24, 2.45) is 5.10 Å². The van der Waals surface area contributed by atoms with E-state index >= 15 is 0 Å². The fraction of sp³-hybridized carbons (Fsp3) is 0.125. The number of rotatable bonds is 2. The molecular formula is C16H14ClN3S. The summed E-state index contributed by atoms with van der Waals surface area (Å²) in [5.74, 6) is 0. The summed E-state index contributed by atoms with van der Waals surface area (Å²) in [6.07, 6.45) is 2.75. The molecule has 3 nitrogen and oxygen atoms in total. The first-order valence-electron chi connectivity index (χ1n) is 6.67. The van der Waals surface area contributed by atoms with Crippen molar-refractivity contribution in [3.8, 4) is 0 Å². The van der Waals surface area contributed by atoms with Crippen LogP contribution in [0.3, 0.4) is 0 Å². The van der Waals surface area contributed by atoms with Gasteiger partial charge in [-0.15, -0.1) is 0 Å². The summed E-state index contributed by atoms with van der Waals surface area (Å²) in [5.41, 5.74) is 2.11. The van der Waals surface area contributed by atoms with Crippen LogP contribution in [0.25, 0.3) is 0 Å². The number of nitrogens with zero attached hydrogens (tertiary/aromatic N) is 2. The lowest BCUT2D eigenvalue weighted by atomic mass is 10.1. The van der Waals surface area contributed by atoms with Gasteiger partial charge in [-0.3, -0.25) is 0 Å². The smallest absolute Gasteiger partial charge is 0.194 e. The molecule has 0 fully saturated rings. The Hall–Kier alpha value is -1.91. The lowest BCUT2D eigenvalue weighted by Gasteiger charge is -2.25. The molecule has 1 atom stereocenters. The zero-order chi connectivity index (χ0) is 14.7. The minimum absolute atomic E-state index is 0.151. The van der Waals surface area contributed by atoms with E-state index < -0.39 is 0 Å². The van der Waals surface area contributed by atoms with Crippen LogP contribution in [0.2, 0.25) is 5.02 Å². The van der Waals surface area contributed by atoms with E-state index in [9.17, 15) is 0 Å². The first-order chi connectivity index (χ1) is 10.2. The second-order valence-corrected chi connectivity index (χ2v) is 5.56. The van der Waals surface area contributed by atoms with Crippen molar-refractivity contribution in [2.45, 2.75) is 12.5 Å². The lowest BCUT2D eigenvalue weighted by Crippen LogP contribution is -2.31. The van der Waals surface area contributed by atoms with E-state index in [2.05, 4.69) is 22.6 Å². The summed E-state index contributed by atoms with van der Waals surface area (Å²) in [6.45, 7) is 0. The Balaban J connectivity index is 1.74. The molecule has 0 radical (unpaired) electrons. The number of nitrogens with one attached hydrogen (secondary N) is 1. The molecule has 21 heavy (non-hydrogen) atoms. The standard InChI is InChI=1S/C16H14ClN3S/c17-13-6-8-14(9-7-13)19-16(21)20-15(10-11-18-20)12-4-2-1-3-5-12/h1-9,11,15H,10H2,(H,19,21)/t15-/m0/s1. The Morgan fingerprint density at radius 2 is 1.86 bits per heavy atom. The summed E-state index contributed by atoms with van der Waals surface area (Å²) in [7, 11) is 0. The van der Waals surface area contributed by atoms with Gasteiger partial charge < -0.3 is 5.32 Å². The van der Waals surface area contributed by atoms with E-state index in [0.29, 0.717) is 10.1 Å². The lowest BCUT2D eigenvalue weighted by molar-refractivity contribution is 0.375. The Bertz CT molecular complexity index is 655. The third kappa shape index (κ3) is 3.23. The largest absolute Gasteiger partial charge is 0.331 e. The second-order valence-electron chi connectivity index (χ2n) is 4.74. The Labute approximate surface area is 134 Å². The van der Waals surface area contributed by atoms with Gasteiger partial charge in [0.2, 0.25) is 0 Å². The zero-order valence-corrected chi connectivity index (χ0v) is 12.8. The molecule has 1 heterocycles. The van der Waals surface area contributed by atoms with E-state index in [1.165, 1.54) is 5.56 Å². The van der Waals surface area contributed by atoms with Crippen LogP contribution in [0.15, 0.2) is 59.7 Å². The first-order valence-corrected chi connectivity index (χ1v) is 7.46. The predicted octanol–water partition coefficient (Wildman–Crippen LogP) is 4.47. The van der Waals surface area contributed by atoms with E-state index in [-0.39, 0.29) is 6.04 Å². The van der Waals surface area contributed by atoms with Crippen LogP contribution in [0.5, 0.6) is 0 Å². The zero-order valence-electron chi connectivity index (χ0n) is 11.2. The summed E-state index contributed by atoms with van der Waals surface area (Å²) >= 11 is 11.4. The number of benzene rings is 2. The molecule has 0 amide bonds. The number of halogens is 1. The highest BCUT2D eigenvalue weighted by Crippen LogP contribution is 2.28. The number of hydrogen-bond acceptors (Lipinski definition) is 2. The minimum atomic E-state index is 0.151. The topological polar surface area (TPSA) is 27.6 Å². The maximum Gasteiger partial charge on any atom is 0.194 e. The molecule has 0 bridgehead atoms. The maximum absolute atomic E-state index is 5.88. The predicted molar refractivity (Wildman–Crippen MR) is 91.8 cm³/mol. The SMILES string of the molecule is S=C(Nc1ccc(Cl)cc1)N1N=CC[C@H]1c1ccccc1. The van der Waals surface area contributed by atoms with Gasteiger partial charge in [-0.2, -0.15) is 5.10 Å². The van der Waals surface area contributed by atoms with Gasteiger partial charge in [-0.05, 0) is 42.0 Å². The highest BCUT2D eigenvalue weighted by molar-refractivity contribution is 7.80. The molecule has 1 N–H and O–H groups in total. The van der Waals surface area contributed by atoms with Crippen LogP contribution in [0.1, 0.15) is 18.0 Å². The van der Waals surface area contributed by atoms with Gasteiger partial charge in [0.15, 0.2) is 5.11 Å². The fourth-order valence-electron chi connectivity index (χ4n) is 2.28. The molecule has 0 aliphatic carbocycles. The van der Waals surface area contributed by atoms with Crippen LogP contribution >= 0.6 is 23.8 Å².